The van der Waals surface area contributed by atoms with Gasteiger partial charge in [0.2, 0.25) is 11.0 Å². The predicted octanol–water partition coefficient (Wildman–Crippen LogP) is 4.85. The van der Waals surface area contributed by atoms with Crippen LogP contribution < -0.4 is 10.1 Å². The van der Waals surface area contributed by atoms with E-state index in [0.717, 1.165) is 37.2 Å². The Hall–Kier alpha value is -3.69. The first-order valence-electron chi connectivity index (χ1n) is 11.7. The van der Waals surface area contributed by atoms with Gasteiger partial charge in [-0.2, -0.15) is 0 Å². The Balaban J connectivity index is 1.22. The van der Waals surface area contributed by atoms with Gasteiger partial charge >= 0.3 is 0 Å². The maximum atomic E-state index is 12.7. The molecule has 0 unspecified atom stereocenters. The highest BCUT2D eigenvalue weighted by molar-refractivity contribution is 7.18. The third-order valence-electron chi connectivity index (χ3n) is 5.91. The van der Waals surface area contributed by atoms with Gasteiger partial charge in [0.15, 0.2) is 0 Å². The van der Waals surface area contributed by atoms with E-state index in [2.05, 4.69) is 42.5 Å². The number of ether oxygens (including phenoxy) is 1. The number of nitrogens with one attached hydrogen (secondary N) is 1. The molecular formula is C26H26N6O2S. The van der Waals surface area contributed by atoms with Crippen molar-refractivity contribution in [2.75, 3.05) is 25.0 Å². The van der Waals surface area contributed by atoms with Crippen LogP contribution in [-0.2, 0) is 0 Å². The molecule has 1 atom stereocenters. The van der Waals surface area contributed by atoms with Crippen LogP contribution in [0.1, 0.15) is 41.3 Å². The van der Waals surface area contributed by atoms with E-state index in [9.17, 15) is 4.79 Å². The van der Waals surface area contributed by atoms with Gasteiger partial charge in [0.25, 0.3) is 5.91 Å². The first-order chi connectivity index (χ1) is 17.2. The van der Waals surface area contributed by atoms with Crippen LogP contribution >= 0.6 is 11.3 Å². The minimum absolute atomic E-state index is 0.100. The van der Waals surface area contributed by atoms with Gasteiger partial charge in [-0.3, -0.25) is 15.1 Å². The molecule has 0 radical (unpaired) electrons. The van der Waals surface area contributed by atoms with Gasteiger partial charge in [0, 0.05) is 43.2 Å². The molecule has 4 heterocycles. The molecule has 0 bridgehead atoms. The molecule has 1 fully saturated rings. The highest BCUT2D eigenvalue weighted by Gasteiger charge is 2.19. The van der Waals surface area contributed by atoms with Crippen LogP contribution in [-0.4, -0.2) is 50.6 Å². The van der Waals surface area contributed by atoms with Crippen molar-refractivity contribution in [3.63, 3.8) is 0 Å². The molecule has 35 heavy (non-hydrogen) atoms. The SMILES string of the molecule is O=C(Nc1nnc(-c2ccncc2)s1)c1ccc(O[C@@H](CCN2CCCC2)c2ccccc2)nc1. The van der Waals surface area contributed by atoms with Crippen LogP contribution in [0.15, 0.2) is 73.2 Å². The molecule has 0 saturated carbocycles. The average molecular weight is 487 g/mol. The number of amides is 1. The summed E-state index contributed by atoms with van der Waals surface area (Å²) in [6.45, 7) is 3.30. The molecule has 178 valence electrons. The van der Waals surface area contributed by atoms with Crippen molar-refractivity contribution in [1.82, 2.24) is 25.1 Å². The largest absolute Gasteiger partial charge is 0.469 e. The summed E-state index contributed by atoms with van der Waals surface area (Å²) in [6, 6.07) is 17.4. The molecule has 3 aromatic heterocycles. The Morgan fingerprint density at radius 2 is 1.83 bits per heavy atom. The van der Waals surface area contributed by atoms with Crippen LogP contribution in [0.3, 0.4) is 0 Å². The number of benzene rings is 1. The highest BCUT2D eigenvalue weighted by atomic mass is 32.1. The first-order valence-corrected chi connectivity index (χ1v) is 12.5. The number of likely N-dealkylation sites (tertiary alicyclic amines) is 1. The summed E-state index contributed by atoms with van der Waals surface area (Å²) in [4.78, 5) is 23.6. The van der Waals surface area contributed by atoms with Crippen molar-refractivity contribution in [3.05, 3.63) is 84.3 Å². The number of nitrogens with zero attached hydrogens (tertiary/aromatic N) is 5. The van der Waals surface area contributed by atoms with E-state index in [-0.39, 0.29) is 12.0 Å². The van der Waals surface area contributed by atoms with Crippen LogP contribution in [0.4, 0.5) is 5.13 Å². The van der Waals surface area contributed by atoms with Crippen LogP contribution in [0.2, 0.25) is 0 Å². The standard InChI is InChI=1S/C26H26N6O2S/c33-24(29-26-31-30-25(35-26)20-10-13-27-14-11-20)21-8-9-23(28-18-21)34-22(19-6-2-1-3-7-19)12-17-32-15-4-5-16-32/h1-3,6-11,13-14,18,22H,4-5,12,15-17H2,(H,29,31,33)/t22-/m0/s1. The minimum atomic E-state index is -0.296. The van der Waals surface area contributed by atoms with Crippen LogP contribution in [0, 0.1) is 0 Å². The lowest BCUT2D eigenvalue weighted by Crippen LogP contribution is -2.23. The maximum Gasteiger partial charge on any atom is 0.259 e. The molecule has 5 rings (SSSR count). The number of hydrogen-bond acceptors (Lipinski definition) is 8. The van der Waals surface area contributed by atoms with Crippen LogP contribution in [0.5, 0.6) is 5.88 Å². The average Bonchev–Trinajstić information content (AvgIpc) is 3.60. The third kappa shape index (κ3) is 6.06. The zero-order valence-corrected chi connectivity index (χ0v) is 20.0. The monoisotopic (exact) mass is 486 g/mol. The van der Waals surface area contributed by atoms with Gasteiger partial charge in [-0.25, -0.2) is 4.98 Å². The van der Waals surface area contributed by atoms with Crippen molar-refractivity contribution in [2.24, 2.45) is 0 Å². The first kappa shape index (κ1) is 23.1. The highest BCUT2D eigenvalue weighted by Crippen LogP contribution is 2.27. The molecule has 1 N–H and O–H groups in total. The zero-order valence-electron chi connectivity index (χ0n) is 19.2. The number of aromatic nitrogens is 4. The molecular weight excluding hydrogens is 460 g/mol. The summed E-state index contributed by atoms with van der Waals surface area (Å²) in [5, 5.41) is 12.1. The Morgan fingerprint density at radius 3 is 2.57 bits per heavy atom. The summed E-state index contributed by atoms with van der Waals surface area (Å²) in [6.07, 6.45) is 8.23. The van der Waals surface area contributed by atoms with E-state index < -0.39 is 0 Å². The summed E-state index contributed by atoms with van der Waals surface area (Å²) in [5.74, 6) is 0.197. The second kappa shape index (κ2) is 11.2. The smallest absolute Gasteiger partial charge is 0.259 e. The van der Waals surface area contributed by atoms with Crippen molar-refractivity contribution >= 4 is 22.4 Å². The Kier molecular flexibility index (Phi) is 7.35. The van der Waals surface area contributed by atoms with E-state index in [4.69, 9.17) is 4.74 Å². The fourth-order valence-corrected chi connectivity index (χ4v) is 4.80. The number of anilines is 1. The van der Waals surface area contributed by atoms with Gasteiger partial charge in [0.05, 0.1) is 5.56 Å². The van der Waals surface area contributed by atoms with E-state index >= 15 is 0 Å². The number of pyridine rings is 2. The molecule has 1 saturated heterocycles. The van der Waals surface area contributed by atoms with Gasteiger partial charge in [0.1, 0.15) is 11.1 Å². The summed E-state index contributed by atoms with van der Waals surface area (Å²) in [5.41, 5.74) is 2.45. The molecule has 8 nitrogen and oxygen atoms in total. The molecule has 1 amide bonds. The van der Waals surface area contributed by atoms with Crippen molar-refractivity contribution in [2.45, 2.75) is 25.4 Å². The summed E-state index contributed by atoms with van der Waals surface area (Å²) < 4.78 is 6.27. The third-order valence-corrected chi connectivity index (χ3v) is 6.80. The number of carbonyl (C=O) groups is 1. The second-order valence-electron chi connectivity index (χ2n) is 8.34. The van der Waals surface area contributed by atoms with Crippen LogP contribution in [0.25, 0.3) is 10.6 Å². The second-order valence-corrected chi connectivity index (χ2v) is 9.32. The quantitative estimate of drug-likeness (QED) is 0.361. The lowest BCUT2D eigenvalue weighted by molar-refractivity contribution is 0.102. The molecule has 4 aromatic rings. The van der Waals surface area contributed by atoms with E-state index in [0.29, 0.717) is 21.6 Å². The van der Waals surface area contributed by atoms with Gasteiger partial charge in [-0.15, -0.1) is 10.2 Å². The van der Waals surface area contributed by atoms with Crippen molar-refractivity contribution in [3.8, 4) is 16.5 Å². The Morgan fingerprint density at radius 1 is 1.03 bits per heavy atom. The molecule has 1 aliphatic rings. The van der Waals surface area contributed by atoms with Gasteiger partial charge in [-0.05, 0) is 49.7 Å². The molecule has 0 spiro atoms. The molecule has 1 aromatic carbocycles. The predicted molar refractivity (Wildman–Crippen MR) is 135 cm³/mol. The number of rotatable bonds is 9. The normalized spacial score (nSPS) is 14.5. The Bertz CT molecular complexity index is 1230. The molecule has 0 aliphatic carbocycles. The summed E-state index contributed by atoms with van der Waals surface area (Å²) in [7, 11) is 0. The van der Waals surface area contributed by atoms with E-state index in [1.165, 1.54) is 30.4 Å². The number of carbonyl (C=O) groups excluding carboxylic acids is 1. The zero-order chi connectivity index (χ0) is 23.9. The Labute approximate surface area is 208 Å². The van der Waals surface area contributed by atoms with Gasteiger partial charge < -0.3 is 9.64 Å². The van der Waals surface area contributed by atoms with E-state index in [1.807, 2.05) is 30.3 Å². The molecule has 9 heteroatoms. The fourth-order valence-electron chi connectivity index (χ4n) is 4.05. The lowest BCUT2D eigenvalue weighted by Gasteiger charge is -2.22. The summed E-state index contributed by atoms with van der Waals surface area (Å²) >= 11 is 1.30. The maximum absolute atomic E-state index is 12.7. The topological polar surface area (TPSA) is 93.1 Å². The molecule has 1 aliphatic heterocycles. The van der Waals surface area contributed by atoms with E-state index in [1.54, 1.807) is 24.5 Å². The van der Waals surface area contributed by atoms with Crippen molar-refractivity contribution < 1.29 is 9.53 Å². The van der Waals surface area contributed by atoms with Crippen molar-refractivity contribution in [1.29, 1.82) is 0 Å². The fraction of sp³-hybridized carbons (Fsp3) is 0.269. The minimum Gasteiger partial charge on any atom is -0.469 e. The number of hydrogen-bond donors (Lipinski definition) is 1. The van der Waals surface area contributed by atoms with Gasteiger partial charge in [-0.1, -0.05) is 41.7 Å². The lowest BCUT2D eigenvalue weighted by atomic mass is 10.1.